The highest BCUT2D eigenvalue weighted by Gasteiger charge is 2.53. The summed E-state index contributed by atoms with van der Waals surface area (Å²) in [5.74, 6) is 0.869. The van der Waals surface area contributed by atoms with Gasteiger partial charge in [-0.2, -0.15) is 0 Å². The third-order valence-corrected chi connectivity index (χ3v) is 7.85. The van der Waals surface area contributed by atoms with Gasteiger partial charge in [0.05, 0.1) is 24.4 Å². The minimum absolute atomic E-state index is 0.129. The van der Waals surface area contributed by atoms with Gasteiger partial charge in [0.2, 0.25) is 0 Å². The second kappa shape index (κ2) is 10.6. The first kappa shape index (κ1) is 25.0. The molecule has 3 atom stereocenters. The van der Waals surface area contributed by atoms with Crippen LogP contribution in [0.1, 0.15) is 91.5 Å². The highest BCUT2D eigenvalue weighted by molar-refractivity contribution is 5.67. The van der Waals surface area contributed by atoms with Gasteiger partial charge in [-0.05, 0) is 44.1 Å². The van der Waals surface area contributed by atoms with Crippen molar-refractivity contribution in [3.05, 3.63) is 35.9 Å². The Morgan fingerprint density at radius 2 is 1.88 bits per heavy atom. The van der Waals surface area contributed by atoms with Gasteiger partial charge in [-0.25, -0.2) is 4.79 Å². The summed E-state index contributed by atoms with van der Waals surface area (Å²) in [6.45, 7) is 10.9. The number of amides is 1. The molecule has 0 radical (unpaired) electrons. The minimum Gasteiger partial charge on any atom is -0.465 e. The maximum atomic E-state index is 12.3. The Morgan fingerprint density at radius 3 is 2.44 bits per heavy atom. The summed E-state index contributed by atoms with van der Waals surface area (Å²) in [6, 6.07) is 10.1. The van der Waals surface area contributed by atoms with Crippen LogP contribution in [0.5, 0.6) is 0 Å². The molecule has 0 bridgehead atoms. The number of ether oxygens (including phenoxy) is 2. The van der Waals surface area contributed by atoms with Gasteiger partial charge in [-0.15, -0.1) is 0 Å². The van der Waals surface area contributed by atoms with Gasteiger partial charge in [0.15, 0.2) is 0 Å². The summed E-state index contributed by atoms with van der Waals surface area (Å²) in [4.78, 5) is 13.9. The normalized spacial score (nSPS) is 25.8. The molecule has 0 unspecified atom stereocenters. The van der Waals surface area contributed by atoms with E-state index in [1.807, 2.05) is 32.0 Å². The van der Waals surface area contributed by atoms with Gasteiger partial charge in [-0.1, -0.05) is 83.2 Å². The van der Waals surface area contributed by atoms with Gasteiger partial charge < -0.3 is 14.6 Å². The zero-order valence-electron chi connectivity index (χ0n) is 20.7. The molecular weight excluding hydrogens is 402 g/mol. The van der Waals surface area contributed by atoms with Gasteiger partial charge in [0.1, 0.15) is 5.72 Å². The minimum atomic E-state index is -0.879. The molecule has 1 N–H and O–H groups in total. The van der Waals surface area contributed by atoms with E-state index in [2.05, 4.69) is 32.9 Å². The van der Waals surface area contributed by atoms with Crippen LogP contribution in [0.25, 0.3) is 0 Å². The molecule has 3 rings (SSSR count). The van der Waals surface area contributed by atoms with E-state index < -0.39 is 11.8 Å². The van der Waals surface area contributed by atoms with E-state index in [4.69, 9.17) is 9.47 Å². The summed E-state index contributed by atoms with van der Waals surface area (Å²) in [5, 5.41) is 10.1. The topological polar surface area (TPSA) is 59.0 Å². The van der Waals surface area contributed by atoms with Gasteiger partial charge >= 0.3 is 6.09 Å². The van der Waals surface area contributed by atoms with Crippen LogP contribution in [0.4, 0.5) is 4.79 Å². The fourth-order valence-electron chi connectivity index (χ4n) is 5.90. The first-order valence-electron chi connectivity index (χ1n) is 12.6. The average Bonchev–Trinajstić information content (AvgIpc) is 3.01. The Morgan fingerprint density at radius 1 is 1.22 bits per heavy atom. The van der Waals surface area contributed by atoms with Gasteiger partial charge in [-0.3, -0.25) is 4.90 Å². The Balaban J connectivity index is 1.83. The average molecular weight is 446 g/mol. The first-order chi connectivity index (χ1) is 15.2. The number of benzene rings is 1. The molecule has 0 spiro atoms. The lowest BCUT2D eigenvalue weighted by molar-refractivity contribution is -0.135. The predicted octanol–water partition coefficient (Wildman–Crippen LogP) is 6.85. The summed E-state index contributed by atoms with van der Waals surface area (Å²) in [7, 11) is 0. The lowest BCUT2D eigenvalue weighted by atomic mass is 9.78. The quantitative estimate of drug-likeness (QED) is 0.451. The number of rotatable bonds is 9. The van der Waals surface area contributed by atoms with Crippen LogP contribution in [-0.4, -0.2) is 39.6 Å². The van der Waals surface area contributed by atoms with Crippen molar-refractivity contribution < 1.29 is 19.4 Å². The van der Waals surface area contributed by atoms with Crippen molar-refractivity contribution in [3.8, 4) is 0 Å². The van der Waals surface area contributed by atoms with E-state index in [-0.39, 0.29) is 23.7 Å². The van der Waals surface area contributed by atoms with E-state index in [1.54, 1.807) is 4.90 Å². The van der Waals surface area contributed by atoms with Crippen LogP contribution >= 0.6 is 0 Å². The van der Waals surface area contributed by atoms with Crippen molar-refractivity contribution in [3.63, 3.8) is 0 Å². The predicted molar refractivity (Wildman–Crippen MR) is 128 cm³/mol. The zero-order valence-corrected chi connectivity index (χ0v) is 20.7. The molecule has 1 saturated heterocycles. The monoisotopic (exact) mass is 445 g/mol. The third kappa shape index (κ3) is 5.66. The molecule has 2 aliphatic rings. The summed E-state index contributed by atoms with van der Waals surface area (Å²) < 4.78 is 13.1. The fraction of sp³-hybridized carbons (Fsp3) is 0.741. The second-order valence-electron chi connectivity index (χ2n) is 10.6. The summed E-state index contributed by atoms with van der Waals surface area (Å²) in [5.41, 5.74) is -0.0358. The number of hydrogen-bond donors (Lipinski definition) is 1. The second-order valence-corrected chi connectivity index (χ2v) is 10.6. The molecule has 1 amide bonds. The zero-order chi connectivity index (χ0) is 23.4. The smallest absolute Gasteiger partial charge is 0.409 e. The molecule has 1 saturated carbocycles. The van der Waals surface area contributed by atoms with Crippen molar-refractivity contribution in [2.45, 2.75) is 116 Å². The molecule has 5 nitrogen and oxygen atoms in total. The largest absolute Gasteiger partial charge is 0.465 e. The van der Waals surface area contributed by atoms with E-state index in [0.29, 0.717) is 18.9 Å². The van der Waals surface area contributed by atoms with Gasteiger partial charge in [0.25, 0.3) is 0 Å². The van der Waals surface area contributed by atoms with Crippen LogP contribution in [0.15, 0.2) is 30.3 Å². The first-order valence-corrected chi connectivity index (χ1v) is 12.6. The molecule has 1 aliphatic heterocycles. The van der Waals surface area contributed by atoms with Crippen LogP contribution < -0.4 is 0 Å². The lowest BCUT2D eigenvalue weighted by Gasteiger charge is -2.40. The van der Waals surface area contributed by atoms with Crippen LogP contribution in [0.3, 0.4) is 0 Å². The molecule has 1 aromatic carbocycles. The van der Waals surface area contributed by atoms with E-state index >= 15 is 0 Å². The van der Waals surface area contributed by atoms with Crippen molar-refractivity contribution in [2.24, 2.45) is 11.8 Å². The molecule has 1 aliphatic carbocycles. The highest BCUT2D eigenvalue weighted by atomic mass is 16.6. The maximum Gasteiger partial charge on any atom is 0.409 e. The van der Waals surface area contributed by atoms with E-state index in [0.717, 1.165) is 18.4 Å². The van der Waals surface area contributed by atoms with Crippen molar-refractivity contribution >= 4 is 6.09 Å². The van der Waals surface area contributed by atoms with Crippen LogP contribution in [-0.2, 0) is 16.1 Å². The maximum absolute atomic E-state index is 12.3. The van der Waals surface area contributed by atoms with Crippen molar-refractivity contribution in [2.75, 3.05) is 0 Å². The summed E-state index contributed by atoms with van der Waals surface area (Å²) in [6.07, 6.45) is 7.62. The molecule has 1 heterocycles. The fourth-order valence-corrected chi connectivity index (χ4v) is 5.90. The molecule has 32 heavy (non-hydrogen) atoms. The lowest BCUT2D eigenvalue weighted by Crippen LogP contribution is -2.49. The van der Waals surface area contributed by atoms with Gasteiger partial charge in [0, 0.05) is 6.42 Å². The summed E-state index contributed by atoms with van der Waals surface area (Å²) >= 11 is 0. The van der Waals surface area contributed by atoms with Crippen molar-refractivity contribution in [1.29, 1.82) is 0 Å². The number of nitrogens with zero attached hydrogens (tertiary/aromatic N) is 1. The number of carbonyl (C=O) groups is 1. The van der Waals surface area contributed by atoms with Crippen LogP contribution in [0, 0.1) is 11.8 Å². The number of hydrogen-bond acceptors (Lipinski definition) is 3. The SMILES string of the molecule is CC[C@](C[C@@H]1OC(C)(C)N(C(=O)O)[C@H]1CC1CCCCC1)(OCc1ccccc1)C(C)C. The van der Waals surface area contributed by atoms with E-state index in [9.17, 15) is 9.90 Å². The Hall–Kier alpha value is -1.59. The standard InChI is InChI=1S/C27H43NO4/c1-6-27(20(2)3,31-19-22-15-11-8-12-16-22)18-24-23(17-21-13-9-7-10-14-21)28(25(29)30)26(4,5)32-24/h8,11-12,15-16,20-21,23-24H,6-7,9-10,13-14,17-19H2,1-5H3,(H,29,30)/t23-,24-,27+/m0/s1. The third-order valence-electron chi connectivity index (χ3n) is 7.85. The molecular formula is C27H43NO4. The molecule has 0 aromatic heterocycles. The Labute approximate surface area is 194 Å². The number of carboxylic acid groups (broad SMARTS) is 1. The Bertz CT molecular complexity index is 728. The van der Waals surface area contributed by atoms with E-state index in [1.165, 1.54) is 32.1 Å². The Kier molecular flexibility index (Phi) is 8.26. The van der Waals surface area contributed by atoms with Crippen LogP contribution in [0.2, 0.25) is 0 Å². The highest BCUT2D eigenvalue weighted by Crippen LogP contribution is 2.43. The molecule has 1 aromatic rings. The molecule has 2 fully saturated rings. The molecule has 180 valence electrons. The van der Waals surface area contributed by atoms with Crippen molar-refractivity contribution in [1.82, 2.24) is 4.90 Å². The molecule has 5 heteroatoms.